The van der Waals surface area contributed by atoms with Crippen LogP contribution in [0.15, 0.2) is 4.99 Å². The fraction of sp³-hybridized carbons (Fsp3) is 0.857. The molecule has 0 saturated heterocycles. The minimum atomic E-state index is 0.964. The van der Waals surface area contributed by atoms with E-state index in [0.717, 1.165) is 30.1 Å². The second-order valence-corrected chi connectivity index (χ2v) is 3.15. The Morgan fingerprint density at radius 1 is 1.73 bits per heavy atom. The van der Waals surface area contributed by atoms with E-state index in [1.165, 1.54) is 6.42 Å². The third-order valence-corrected chi connectivity index (χ3v) is 2.45. The molecule has 0 aromatic rings. The molecule has 0 unspecified atom stereocenters. The highest BCUT2D eigenvalue weighted by Gasteiger charge is 2.11. The predicted octanol–water partition coefficient (Wildman–Crippen LogP) is 1.05. The Bertz CT molecular complexity index is 147. The zero-order valence-corrected chi connectivity index (χ0v) is 8.97. The summed E-state index contributed by atoms with van der Waals surface area (Å²) in [6.07, 6.45) is 1.19. The van der Waals surface area contributed by atoms with Crippen molar-refractivity contribution in [3.05, 3.63) is 0 Å². The summed E-state index contributed by atoms with van der Waals surface area (Å²) in [7, 11) is 0. The average Bonchev–Trinajstić information content (AvgIpc) is 2.06. The van der Waals surface area contributed by atoms with Gasteiger partial charge in [0.25, 0.3) is 0 Å². The first-order chi connectivity index (χ1) is 5.38. The molecule has 1 N–H and O–H groups in total. The summed E-state index contributed by atoms with van der Waals surface area (Å²) in [6, 6.07) is 0. The van der Waals surface area contributed by atoms with Gasteiger partial charge in [0, 0.05) is 19.6 Å². The zero-order chi connectivity index (χ0) is 8.10. The van der Waals surface area contributed by atoms with Gasteiger partial charge >= 0.3 is 0 Å². The maximum atomic E-state index is 4.40. The van der Waals surface area contributed by atoms with Crippen LogP contribution in [-0.2, 0) is 0 Å². The Labute approximate surface area is 81.4 Å². The van der Waals surface area contributed by atoms with Gasteiger partial charge in [-0.1, -0.05) is 22.6 Å². The quantitative estimate of drug-likeness (QED) is 0.460. The minimum absolute atomic E-state index is 0.964. The first kappa shape index (κ1) is 9.09. The van der Waals surface area contributed by atoms with Crippen LogP contribution in [-0.4, -0.2) is 35.0 Å². The number of guanidine groups is 1. The highest BCUT2D eigenvalue weighted by atomic mass is 127. The van der Waals surface area contributed by atoms with Crippen LogP contribution < -0.4 is 5.32 Å². The largest absolute Gasteiger partial charge is 0.356 e. The molecule has 1 aliphatic heterocycles. The molecule has 4 heteroatoms. The van der Waals surface area contributed by atoms with Crippen molar-refractivity contribution in [1.29, 1.82) is 0 Å². The summed E-state index contributed by atoms with van der Waals surface area (Å²) in [5, 5.41) is 3.26. The number of halogens is 1. The van der Waals surface area contributed by atoms with E-state index in [9.17, 15) is 0 Å². The van der Waals surface area contributed by atoms with Crippen molar-refractivity contribution < 1.29 is 0 Å². The SMILES string of the molecule is CCNC1=NCCCN1CI. The van der Waals surface area contributed by atoms with E-state index in [2.05, 4.69) is 44.7 Å². The van der Waals surface area contributed by atoms with E-state index in [4.69, 9.17) is 0 Å². The van der Waals surface area contributed by atoms with Crippen molar-refractivity contribution in [2.24, 2.45) is 4.99 Å². The second kappa shape index (κ2) is 4.79. The standard InChI is InChI=1S/C7H14IN3/c1-2-9-7-10-4-3-5-11(7)6-8/h2-6H2,1H3,(H,9,10). The van der Waals surface area contributed by atoms with Gasteiger partial charge in [0.05, 0.1) is 4.55 Å². The Morgan fingerprint density at radius 3 is 3.18 bits per heavy atom. The van der Waals surface area contributed by atoms with Crippen LogP contribution in [0.2, 0.25) is 0 Å². The summed E-state index contributed by atoms with van der Waals surface area (Å²) < 4.78 is 1.03. The summed E-state index contributed by atoms with van der Waals surface area (Å²) >= 11 is 2.37. The highest BCUT2D eigenvalue weighted by Crippen LogP contribution is 2.03. The molecule has 1 heterocycles. The van der Waals surface area contributed by atoms with Gasteiger partial charge < -0.3 is 10.2 Å². The van der Waals surface area contributed by atoms with Crippen molar-refractivity contribution in [2.75, 3.05) is 24.2 Å². The van der Waals surface area contributed by atoms with Gasteiger partial charge in [-0.3, -0.25) is 4.99 Å². The lowest BCUT2D eigenvalue weighted by Crippen LogP contribution is -2.43. The smallest absolute Gasteiger partial charge is 0.194 e. The van der Waals surface area contributed by atoms with Gasteiger partial charge in [0.2, 0.25) is 0 Å². The highest BCUT2D eigenvalue weighted by molar-refractivity contribution is 14.1. The van der Waals surface area contributed by atoms with Crippen LogP contribution in [0.4, 0.5) is 0 Å². The summed E-state index contributed by atoms with van der Waals surface area (Å²) in [5.74, 6) is 1.08. The predicted molar refractivity (Wildman–Crippen MR) is 56.2 cm³/mol. The fourth-order valence-corrected chi connectivity index (χ4v) is 1.76. The number of aliphatic imine (C=N–C) groups is 1. The van der Waals surface area contributed by atoms with Gasteiger partial charge in [-0.15, -0.1) is 0 Å². The summed E-state index contributed by atoms with van der Waals surface area (Å²) in [6.45, 7) is 5.19. The topological polar surface area (TPSA) is 27.6 Å². The van der Waals surface area contributed by atoms with Gasteiger partial charge in [-0.2, -0.15) is 0 Å². The van der Waals surface area contributed by atoms with Gasteiger partial charge in [0.1, 0.15) is 0 Å². The normalized spacial score (nSPS) is 18.0. The molecule has 0 bridgehead atoms. The van der Waals surface area contributed by atoms with Crippen LogP contribution in [0.25, 0.3) is 0 Å². The molecule has 11 heavy (non-hydrogen) atoms. The van der Waals surface area contributed by atoms with E-state index in [1.54, 1.807) is 0 Å². The minimum Gasteiger partial charge on any atom is -0.356 e. The van der Waals surface area contributed by atoms with Crippen molar-refractivity contribution in [1.82, 2.24) is 10.2 Å². The number of nitrogens with one attached hydrogen (secondary N) is 1. The molecule has 0 radical (unpaired) electrons. The van der Waals surface area contributed by atoms with Gasteiger partial charge in [-0.25, -0.2) is 0 Å². The Balaban J connectivity index is 2.48. The Hall–Kier alpha value is 0. The number of nitrogens with zero attached hydrogens (tertiary/aromatic N) is 2. The number of hydrogen-bond acceptors (Lipinski definition) is 3. The van der Waals surface area contributed by atoms with E-state index < -0.39 is 0 Å². The summed E-state index contributed by atoms with van der Waals surface area (Å²) in [5.41, 5.74) is 0. The molecule has 0 aromatic heterocycles. The molecule has 0 atom stereocenters. The fourth-order valence-electron chi connectivity index (χ4n) is 1.09. The molecule has 0 fully saturated rings. The Morgan fingerprint density at radius 2 is 2.55 bits per heavy atom. The summed E-state index contributed by atoms with van der Waals surface area (Å²) in [4.78, 5) is 6.67. The molecule has 0 saturated carbocycles. The van der Waals surface area contributed by atoms with Crippen molar-refractivity contribution in [3.8, 4) is 0 Å². The molecule has 3 nitrogen and oxygen atoms in total. The zero-order valence-electron chi connectivity index (χ0n) is 6.81. The van der Waals surface area contributed by atoms with Gasteiger partial charge in [0.15, 0.2) is 5.96 Å². The third kappa shape index (κ3) is 2.50. The van der Waals surface area contributed by atoms with E-state index in [1.807, 2.05) is 0 Å². The Kier molecular flexibility index (Phi) is 3.96. The van der Waals surface area contributed by atoms with Crippen molar-refractivity contribution in [2.45, 2.75) is 13.3 Å². The van der Waals surface area contributed by atoms with E-state index >= 15 is 0 Å². The maximum absolute atomic E-state index is 4.40. The monoisotopic (exact) mass is 267 g/mol. The molecule has 0 spiro atoms. The molecule has 0 aliphatic carbocycles. The van der Waals surface area contributed by atoms with Crippen LogP contribution in [0.3, 0.4) is 0 Å². The first-order valence-corrected chi connectivity index (χ1v) is 5.50. The van der Waals surface area contributed by atoms with Crippen LogP contribution in [0, 0.1) is 0 Å². The maximum Gasteiger partial charge on any atom is 0.194 e. The molecule has 0 aromatic carbocycles. The number of hydrogen-bond donors (Lipinski definition) is 1. The molecular formula is C7H14IN3. The van der Waals surface area contributed by atoms with Crippen molar-refractivity contribution in [3.63, 3.8) is 0 Å². The van der Waals surface area contributed by atoms with Gasteiger partial charge in [-0.05, 0) is 13.3 Å². The molecule has 1 aliphatic rings. The average molecular weight is 267 g/mol. The van der Waals surface area contributed by atoms with Crippen LogP contribution in [0.5, 0.6) is 0 Å². The van der Waals surface area contributed by atoms with Crippen molar-refractivity contribution >= 4 is 28.6 Å². The molecular weight excluding hydrogens is 253 g/mol. The first-order valence-electron chi connectivity index (χ1n) is 3.97. The van der Waals surface area contributed by atoms with E-state index in [-0.39, 0.29) is 0 Å². The number of rotatable bonds is 2. The second-order valence-electron chi connectivity index (χ2n) is 2.47. The number of alkyl halides is 1. The molecule has 0 amide bonds. The van der Waals surface area contributed by atoms with E-state index in [0.29, 0.717) is 0 Å². The third-order valence-electron chi connectivity index (χ3n) is 1.63. The lowest BCUT2D eigenvalue weighted by Gasteiger charge is -2.27. The van der Waals surface area contributed by atoms with Crippen LogP contribution >= 0.6 is 22.6 Å². The lowest BCUT2D eigenvalue weighted by molar-refractivity contribution is 0.441. The van der Waals surface area contributed by atoms with Crippen LogP contribution in [0.1, 0.15) is 13.3 Å². The lowest BCUT2D eigenvalue weighted by atomic mass is 10.3. The molecule has 64 valence electrons. The molecule has 1 rings (SSSR count).